The molecule has 1 aliphatic rings. The lowest BCUT2D eigenvalue weighted by atomic mass is 9.86. The van der Waals surface area contributed by atoms with E-state index in [-0.39, 0.29) is 31.0 Å². The van der Waals surface area contributed by atoms with Gasteiger partial charge in [0.2, 0.25) is 6.79 Å². The van der Waals surface area contributed by atoms with Crippen molar-refractivity contribution < 1.29 is 37.0 Å². The normalized spacial score (nSPS) is 16.0. The maximum Gasteiger partial charge on any atom is 0.399 e. The summed E-state index contributed by atoms with van der Waals surface area (Å²) in [5.74, 6) is -4.81. The van der Waals surface area contributed by atoms with Crippen molar-refractivity contribution in [3.05, 3.63) is 23.8 Å². The van der Waals surface area contributed by atoms with E-state index in [4.69, 9.17) is 9.47 Å². The Kier molecular flexibility index (Phi) is 4.58. The van der Waals surface area contributed by atoms with Gasteiger partial charge in [-0.25, -0.2) is 0 Å². The maximum absolute atomic E-state index is 13.0. The number of carbonyl (C=O) groups excluding carboxylic acids is 2. The Bertz CT molecular complexity index is 570. The van der Waals surface area contributed by atoms with Gasteiger partial charge < -0.3 is 19.0 Å². The van der Waals surface area contributed by atoms with Crippen molar-refractivity contribution in [2.75, 3.05) is 13.4 Å². The molecule has 0 radical (unpaired) electrons. The fourth-order valence-electron chi connectivity index (χ4n) is 2.17. The highest BCUT2D eigenvalue weighted by Crippen LogP contribution is 2.41. The van der Waals surface area contributed by atoms with Crippen LogP contribution in [0.2, 0.25) is 0 Å². The number of hydrogen-bond donors (Lipinski definition) is 0. The number of benzene rings is 1. The van der Waals surface area contributed by atoms with E-state index in [0.29, 0.717) is 5.75 Å². The van der Waals surface area contributed by atoms with Gasteiger partial charge in [0.25, 0.3) is 0 Å². The standard InChI is InChI=1S/C14H13F3O5/c1-2-20-13(19)12(9(6-18)14(15,16)17)8-3-4-10-11(5-8)22-7-21-10/h3-6,9,12H,2,7H2,1H3. The molecule has 0 N–H and O–H groups in total. The summed E-state index contributed by atoms with van der Waals surface area (Å²) in [7, 11) is 0. The largest absolute Gasteiger partial charge is 0.465 e. The van der Waals surface area contributed by atoms with E-state index < -0.39 is 24.0 Å². The number of fused-ring (bicyclic) bond motifs is 1. The molecule has 0 amide bonds. The molecule has 0 aliphatic carbocycles. The fourth-order valence-corrected chi connectivity index (χ4v) is 2.17. The number of alkyl halides is 3. The molecule has 0 aromatic heterocycles. The Morgan fingerprint density at radius 3 is 2.64 bits per heavy atom. The van der Waals surface area contributed by atoms with Gasteiger partial charge in [-0.1, -0.05) is 6.07 Å². The SMILES string of the molecule is CCOC(=O)C(c1ccc2c(c1)OCO2)C(C=O)C(F)(F)F. The molecule has 0 bridgehead atoms. The smallest absolute Gasteiger partial charge is 0.399 e. The van der Waals surface area contributed by atoms with E-state index in [1.54, 1.807) is 0 Å². The fraction of sp³-hybridized carbons (Fsp3) is 0.429. The highest BCUT2D eigenvalue weighted by molar-refractivity contribution is 5.83. The van der Waals surface area contributed by atoms with E-state index in [1.807, 2.05) is 0 Å². The topological polar surface area (TPSA) is 61.8 Å². The number of hydrogen-bond acceptors (Lipinski definition) is 5. The molecule has 22 heavy (non-hydrogen) atoms. The molecule has 1 aliphatic heterocycles. The van der Waals surface area contributed by atoms with Crippen LogP contribution in [-0.2, 0) is 14.3 Å². The third-order valence-electron chi connectivity index (χ3n) is 3.18. The van der Waals surface area contributed by atoms with E-state index >= 15 is 0 Å². The summed E-state index contributed by atoms with van der Waals surface area (Å²) in [6, 6.07) is 3.94. The molecule has 5 nitrogen and oxygen atoms in total. The lowest BCUT2D eigenvalue weighted by Crippen LogP contribution is -2.35. The zero-order chi connectivity index (χ0) is 16.3. The van der Waals surface area contributed by atoms with Crippen molar-refractivity contribution in [1.82, 2.24) is 0 Å². The first-order valence-corrected chi connectivity index (χ1v) is 6.46. The predicted octanol–water partition coefficient (Wildman–Crippen LogP) is 2.44. The Balaban J connectivity index is 2.44. The molecule has 0 spiro atoms. The Morgan fingerprint density at radius 1 is 1.36 bits per heavy atom. The third kappa shape index (κ3) is 3.15. The van der Waals surface area contributed by atoms with Gasteiger partial charge in [-0.15, -0.1) is 0 Å². The molecular weight excluding hydrogens is 305 g/mol. The quantitative estimate of drug-likeness (QED) is 0.616. The van der Waals surface area contributed by atoms with Crippen molar-refractivity contribution in [2.24, 2.45) is 5.92 Å². The van der Waals surface area contributed by atoms with Gasteiger partial charge in [0.05, 0.1) is 6.61 Å². The van der Waals surface area contributed by atoms with Crippen molar-refractivity contribution in [3.63, 3.8) is 0 Å². The first-order valence-electron chi connectivity index (χ1n) is 6.46. The van der Waals surface area contributed by atoms with Gasteiger partial charge in [-0.05, 0) is 24.6 Å². The van der Waals surface area contributed by atoms with Crippen LogP contribution in [0.15, 0.2) is 18.2 Å². The van der Waals surface area contributed by atoms with Crippen LogP contribution in [0.4, 0.5) is 13.2 Å². The van der Waals surface area contributed by atoms with Gasteiger partial charge in [0.1, 0.15) is 18.1 Å². The maximum atomic E-state index is 13.0. The van der Waals surface area contributed by atoms with Crippen LogP contribution in [0, 0.1) is 5.92 Å². The molecular formula is C14H13F3O5. The van der Waals surface area contributed by atoms with Crippen LogP contribution in [0.5, 0.6) is 11.5 Å². The minimum atomic E-state index is -4.87. The summed E-state index contributed by atoms with van der Waals surface area (Å²) in [5, 5.41) is 0. The third-order valence-corrected chi connectivity index (χ3v) is 3.18. The first kappa shape index (κ1) is 16.1. The first-order chi connectivity index (χ1) is 10.4. The lowest BCUT2D eigenvalue weighted by Gasteiger charge is -2.23. The second-order valence-corrected chi connectivity index (χ2v) is 4.55. The zero-order valence-corrected chi connectivity index (χ0v) is 11.6. The molecule has 2 rings (SSSR count). The van der Waals surface area contributed by atoms with Crippen LogP contribution in [-0.4, -0.2) is 31.8 Å². The Hall–Kier alpha value is -2.25. The summed E-state index contributed by atoms with van der Waals surface area (Å²) in [4.78, 5) is 22.9. The molecule has 1 aromatic rings. The van der Waals surface area contributed by atoms with Crippen molar-refractivity contribution in [2.45, 2.75) is 19.0 Å². The molecule has 1 aromatic carbocycles. The molecule has 0 saturated heterocycles. The summed E-state index contributed by atoms with van der Waals surface area (Å²) in [6.45, 7) is 1.32. The molecule has 0 fully saturated rings. The monoisotopic (exact) mass is 318 g/mol. The number of carbonyl (C=O) groups is 2. The minimum absolute atomic E-state index is 0.0166. The Labute approximate surface area is 124 Å². The van der Waals surface area contributed by atoms with E-state index in [0.717, 1.165) is 0 Å². The van der Waals surface area contributed by atoms with E-state index in [1.165, 1.54) is 25.1 Å². The van der Waals surface area contributed by atoms with Crippen molar-refractivity contribution in [1.29, 1.82) is 0 Å². The van der Waals surface area contributed by atoms with Gasteiger partial charge in [-0.2, -0.15) is 13.2 Å². The van der Waals surface area contributed by atoms with Crippen molar-refractivity contribution >= 4 is 12.3 Å². The minimum Gasteiger partial charge on any atom is -0.465 e. The average Bonchev–Trinajstić information content (AvgIpc) is 2.90. The number of rotatable bonds is 5. The zero-order valence-electron chi connectivity index (χ0n) is 11.6. The van der Waals surface area contributed by atoms with Crippen LogP contribution in [0.1, 0.15) is 18.4 Å². The second kappa shape index (κ2) is 6.25. The number of ether oxygens (including phenoxy) is 3. The predicted molar refractivity (Wildman–Crippen MR) is 67.5 cm³/mol. The van der Waals surface area contributed by atoms with Crippen LogP contribution < -0.4 is 9.47 Å². The Morgan fingerprint density at radius 2 is 2.05 bits per heavy atom. The summed E-state index contributed by atoms with van der Waals surface area (Å²) in [6.07, 6.45) is -5.15. The summed E-state index contributed by atoms with van der Waals surface area (Å²) in [5.41, 5.74) is -0.0166. The molecule has 8 heteroatoms. The van der Waals surface area contributed by atoms with E-state index in [9.17, 15) is 22.8 Å². The van der Waals surface area contributed by atoms with Gasteiger partial charge >= 0.3 is 12.1 Å². The second-order valence-electron chi connectivity index (χ2n) is 4.55. The molecule has 1 heterocycles. The number of esters is 1. The number of aldehydes is 1. The van der Waals surface area contributed by atoms with E-state index in [2.05, 4.69) is 4.74 Å². The van der Waals surface area contributed by atoms with Crippen LogP contribution >= 0.6 is 0 Å². The lowest BCUT2D eigenvalue weighted by molar-refractivity contribution is -0.187. The molecule has 2 unspecified atom stereocenters. The average molecular weight is 318 g/mol. The summed E-state index contributed by atoms with van der Waals surface area (Å²) >= 11 is 0. The van der Waals surface area contributed by atoms with Crippen molar-refractivity contribution in [3.8, 4) is 11.5 Å². The molecule has 120 valence electrons. The summed E-state index contributed by atoms with van der Waals surface area (Å²) < 4.78 is 53.9. The van der Waals surface area contributed by atoms with Crippen LogP contribution in [0.3, 0.4) is 0 Å². The molecule has 2 atom stereocenters. The molecule has 0 saturated carbocycles. The highest BCUT2D eigenvalue weighted by atomic mass is 19.4. The van der Waals surface area contributed by atoms with Gasteiger partial charge in [0.15, 0.2) is 11.5 Å². The number of halogens is 3. The van der Waals surface area contributed by atoms with Crippen LogP contribution in [0.25, 0.3) is 0 Å². The highest BCUT2D eigenvalue weighted by Gasteiger charge is 2.49. The van der Waals surface area contributed by atoms with Gasteiger partial charge in [0, 0.05) is 0 Å². The van der Waals surface area contributed by atoms with Gasteiger partial charge in [-0.3, -0.25) is 4.79 Å².